The molecule has 2 rings (SSSR count). The number of nitrogens with one attached hydrogen (secondary N) is 1. The molecule has 2 N–H and O–H groups in total. The maximum atomic E-state index is 11.1. The number of carbonyl (C=O) groups excluding carboxylic acids is 1. The highest BCUT2D eigenvalue weighted by Gasteiger charge is 2.08. The number of aliphatic hydroxyl groups is 1. The Labute approximate surface area is 103 Å². The highest BCUT2D eigenvalue weighted by Crippen LogP contribution is 2.19. The SMILES string of the molecule is CCn1nnnc1-c1cccc(NC(=O)CO)c1. The second-order valence-corrected chi connectivity index (χ2v) is 3.61. The van der Waals surface area contributed by atoms with Gasteiger partial charge >= 0.3 is 0 Å². The Morgan fingerprint density at radius 2 is 2.33 bits per heavy atom. The van der Waals surface area contributed by atoms with Crippen molar-refractivity contribution in [2.45, 2.75) is 13.5 Å². The van der Waals surface area contributed by atoms with Crippen molar-refractivity contribution in [1.82, 2.24) is 20.2 Å². The standard InChI is InChI=1S/C11H13N5O2/c1-2-16-11(13-14-15-16)8-4-3-5-9(6-8)12-10(18)7-17/h3-6,17H,2,7H2,1H3,(H,12,18). The molecule has 7 heteroatoms. The van der Waals surface area contributed by atoms with E-state index in [1.807, 2.05) is 13.0 Å². The Kier molecular flexibility index (Phi) is 3.63. The first kappa shape index (κ1) is 12.2. The van der Waals surface area contributed by atoms with Crippen molar-refractivity contribution in [2.24, 2.45) is 0 Å². The van der Waals surface area contributed by atoms with Crippen molar-refractivity contribution in [3.8, 4) is 11.4 Å². The van der Waals surface area contributed by atoms with E-state index in [9.17, 15) is 4.79 Å². The predicted octanol–water partition coefficient (Wildman–Crippen LogP) is 0.291. The van der Waals surface area contributed by atoms with Gasteiger partial charge in [-0.15, -0.1) is 5.10 Å². The van der Waals surface area contributed by atoms with Gasteiger partial charge in [-0.3, -0.25) is 4.79 Å². The number of hydrogen-bond donors (Lipinski definition) is 2. The van der Waals surface area contributed by atoms with Crippen molar-refractivity contribution in [1.29, 1.82) is 0 Å². The minimum atomic E-state index is -0.545. The first-order chi connectivity index (χ1) is 8.74. The minimum Gasteiger partial charge on any atom is -0.387 e. The Hall–Kier alpha value is -2.28. The molecule has 1 aromatic heterocycles. The number of hydrogen-bond acceptors (Lipinski definition) is 5. The molecule has 1 heterocycles. The zero-order chi connectivity index (χ0) is 13.0. The molecule has 0 unspecified atom stereocenters. The zero-order valence-corrected chi connectivity index (χ0v) is 9.87. The van der Waals surface area contributed by atoms with Gasteiger partial charge in [-0.1, -0.05) is 12.1 Å². The van der Waals surface area contributed by atoms with E-state index in [0.29, 0.717) is 18.1 Å². The molecule has 18 heavy (non-hydrogen) atoms. The third kappa shape index (κ3) is 2.51. The van der Waals surface area contributed by atoms with Gasteiger partial charge < -0.3 is 10.4 Å². The van der Waals surface area contributed by atoms with Gasteiger partial charge in [0.05, 0.1) is 0 Å². The first-order valence-corrected chi connectivity index (χ1v) is 5.52. The fourth-order valence-electron chi connectivity index (χ4n) is 1.56. The summed E-state index contributed by atoms with van der Waals surface area (Å²) in [5, 5.41) is 22.6. The summed E-state index contributed by atoms with van der Waals surface area (Å²) in [6, 6.07) is 7.13. The Morgan fingerprint density at radius 3 is 3.06 bits per heavy atom. The van der Waals surface area contributed by atoms with E-state index in [1.165, 1.54) is 0 Å². The molecular formula is C11H13N5O2. The van der Waals surface area contributed by atoms with Crippen LogP contribution in [0, 0.1) is 0 Å². The number of carbonyl (C=O) groups is 1. The fourth-order valence-corrected chi connectivity index (χ4v) is 1.56. The number of aryl methyl sites for hydroxylation is 1. The van der Waals surface area contributed by atoms with Crippen LogP contribution in [0.4, 0.5) is 5.69 Å². The van der Waals surface area contributed by atoms with Crippen LogP contribution in [0.1, 0.15) is 6.92 Å². The van der Waals surface area contributed by atoms with Crippen LogP contribution < -0.4 is 5.32 Å². The summed E-state index contributed by atoms with van der Waals surface area (Å²) in [5.41, 5.74) is 1.40. The molecule has 1 aromatic carbocycles. The highest BCUT2D eigenvalue weighted by molar-refractivity contribution is 5.92. The molecule has 0 atom stereocenters. The normalized spacial score (nSPS) is 10.3. The lowest BCUT2D eigenvalue weighted by Gasteiger charge is -2.06. The summed E-state index contributed by atoms with van der Waals surface area (Å²) in [5.74, 6) is 0.180. The maximum absolute atomic E-state index is 11.1. The lowest BCUT2D eigenvalue weighted by molar-refractivity contribution is -0.118. The van der Waals surface area contributed by atoms with E-state index < -0.39 is 12.5 Å². The van der Waals surface area contributed by atoms with E-state index in [4.69, 9.17) is 5.11 Å². The summed E-state index contributed by atoms with van der Waals surface area (Å²) >= 11 is 0. The van der Waals surface area contributed by atoms with E-state index >= 15 is 0 Å². The van der Waals surface area contributed by atoms with E-state index in [2.05, 4.69) is 20.8 Å². The van der Waals surface area contributed by atoms with Crippen LogP contribution in [0.3, 0.4) is 0 Å². The summed E-state index contributed by atoms with van der Waals surface area (Å²) < 4.78 is 1.66. The number of nitrogens with zero attached hydrogens (tertiary/aromatic N) is 4. The number of amides is 1. The van der Waals surface area contributed by atoms with Crippen LogP contribution in [0.15, 0.2) is 24.3 Å². The molecule has 1 amide bonds. The number of benzene rings is 1. The molecule has 0 fully saturated rings. The van der Waals surface area contributed by atoms with Crippen LogP contribution in [0.2, 0.25) is 0 Å². The molecule has 0 aliphatic rings. The van der Waals surface area contributed by atoms with Gasteiger partial charge in [0.2, 0.25) is 5.91 Å². The minimum absolute atomic E-state index is 0.456. The van der Waals surface area contributed by atoms with Gasteiger partial charge in [-0.05, 0) is 29.5 Å². The predicted molar refractivity (Wildman–Crippen MR) is 64.6 cm³/mol. The average molecular weight is 247 g/mol. The lowest BCUT2D eigenvalue weighted by atomic mass is 10.2. The molecule has 0 aliphatic carbocycles. The molecule has 7 nitrogen and oxygen atoms in total. The molecule has 2 aromatic rings. The first-order valence-electron chi connectivity index (χ1n) is 5.52. The third-order valence-electron chi connectivity index (χ3n) is 2.38. The summed E-state index contributed by atoms with van der Waals surface area (Å²) in [4.78, 5) is 11.1. The fraction of sp³-hybridized carbons (Fsp3) is 0.273. The summed E-state index contributed by atoms with van der Waals surface area (Å²) in [6.07, 6.45) is 0. The molecule has 0 spiro atoms. The van der Waals surface area contributed by atoms with Crippen LogP contribution in [-0.4, -0.2) is 37.8 Å². The van der Waals surface area contributed by atoms with Crippen molar-refractivity contribution in [3.63, 3.8) is 0 Å². The topological polar surface area (TPSA) is 92.9 Å². The number of rotatable bonds is 4. The third-order valence-corrected chi connectivity index (χ3v) is 2.38. The highest BCUT2D eigenvalue weighted by atomic mass is 16.3. The monoisotopic (exact) mass is 247 g/mol. The number of tetrazole rings is 1. The number of anilines is 1. The van der Waals surface area contributed by atoms with Gasteiger partial charge in [-0.2, -0.15) is 0 Å². The number of aromatic nitrogens is 4. The van der Waals surface area contributed by atoms with E-state index in [-0.39, 0.29) is 0 Å². The quantitative estimate of drug-likeness (QED) is 0.810. The van der Waals surface area contributed by atoms with Crippen LogP contribution in [-0.2, 0) is 11.3 Å². The average Bonchev–Trinajstić information content (AvgIpc) is 2.87. The second kappa shape index (κ2) is 5.37. The molecule has 0 saturated heterocycles. The van der Waals surface area contributed by atoms with Gasteiger partial charge in [0.15, 0.2) is 5.82 Å². The van der Waals surface area contributed by atoms with Crippen LogP contribution in [0.5, 0.6) is 0 Å². The molecule has 0 radical (unpaired) electrons. The maximum Gasteiger partial charge on any atom is 0.250 e. The van der Waals surface area contributed by atoms with Crippen molar-refractivity contribution < 1.29 is 9.90 Å². The van der Waals surface area contributed by atoms with E-state index in [1.54, 1.807) is 22.9 Å². The van der Waals surface area contributed by atoms with Gasteiger partial charge in [0.25, 0.3) is 0 Å². The smallest absolute Gasteiger partial charge is 0.250 e. The van der Waals surface area contributed by atoms with Crippen molar-refractivity contribution in [3.05, 3.63) is 24.3 Å². The zero-order valence-electron chi connectivity index (χ0n) is 9.87. The molecule has 0 aliphatic heterocycles. The largest absolute Gasteiger partial charge is 0.387 e. The summed E-state index contributed by atoms with van der Waals surface area (Å²) in [6.45, 7) is 2.06. The lowest BCUT2D eigenvalue weighted by Crippen LogP contribution is -2.15. The van der Waals surface area contributed by atoms with Crippen molar-refractivity contribution >= 4 is 11.6 Å². The van der Waals surface area contributed by atoms with E-state index in [0.717, 1.165) is 5.56 Å². The summed E-state index contributed by atoms with van der Waals surface area (Å²) in [7, 11) is 0. The van der Waals surface area contributed by atoms with Crippen LogP contribution >= 0.6 is 0 Å². The molecule has 0 saturated carbocycles. The Balaban J connectivity index is 2.30. The van der Waals surface area contributed by atoms with Gasteiger partial charge in [-0.25, -0.2) is 4.68 Å². The second-order valence-electron chi connectivity index (χ2n) is 3.61. The van der Waals surface area contributed by atoms with Gasteiger partial charge in [0.1, 0.15) is 6.61 Å². The Bertz CT molecular complexity index is 552. The Morgan fingerprint density at radius 1 is 1.50 bits per heavy atom. The molecular weight excluding hydrogens is 234 g/mol. The van der Waals surface area contributed by atoms with Gasteiger partial charge in [0, 0.05) is 17.8 Å². The molecule has 0 bridgehead atoms. The van der Waals surface area contributed by atoms with Crippen molar-refractivity contribution in [2.75, 3.05) is 11.9 Å². The number of aliphatic hydroxyl groups excluding tert-OH is 1. The van der Waals surface area contributed by atoms with Crippen LogP contribution in [0.25, 0.3) is 11.4 Å². The molecule has 94 valence electrons.